The highest BCUT2D eigenvalue weighted by molar-refractivity contribution is 6.30. The van der Waals surface area contributed by atoms with Gasteiger partial charge in [-0.2, -0.15) is 0 Å². The number of rotatable bonds is 5. The molecule has 0 saturated carbocycles. The molecule has 0 aliphatic carbocycles. The molecule has 2 aromatic carbocycles. The fourth-order valence-corrected chi connectivity index (χ4v) is 3.15. The molecule has 1 fully saturated rings. The Morgan fingerprint density at radius 1 is 1.19 bits per heavy atom. The number of benzene rings is 2. The molecule has 136 valence electrons. The number of nitrogens with zero attached hydrogens (tertiary/aromatic N) is 2. The molecule has 6 heteroatoms. The Bertz CT molecular complexity index is 764. The number of hydrogen-bond acceptors (Lipinski definition) is 3. The summed E-state index contributed by atoms with van der Waals surface area (Å²) in [7, 11) is 0. The van der Waals surface area contributed by atoms with Crippen LogP contribution in [0.15, 0.2) is 54.6 Å². The standard InChI is InChI=1S/C20H21ClN2O3/c1-15(16-7-9-17(21)10-8-16)23(18-5-3-2-4-6-18)19(24)13-22-11-12-26-14-20(22)25/h2-10,15H,11-14H2,1H3. The van der Waals surface area contributed by atoms with E-state index in [1.807, 2.05) is 61.5 Å². The molecule has 5 nitrogen and oxygen atoms in total. The monoisotopic (exact) mass is 372 g/mol. The molecular formula is C20H21ClN2O3. The van der Waals surface area contributed by atoms with Crippen LogP contribution in [0.3, 0.4) is 0 Å². The summed E-state index contributed by atoms with van der Waals surface area (Å²) in [4.78, 5) is 28.4. The Balaban J connectivity index is 1.86. The molecule has 1 aliphatic rings. The quantitative estimate of drug-likeness (QED) is 0.809. The van der Waals surface area contributed by atoms with Crippen LogP contribution < -0.4 is 4.90 Å². The fourth-order valence-electron chi connectivity index (χ4n) is 3.02. The Kier molecular flexibility index (Phi) is 5.91. The van der Waals surface area contributed by atoms with Gasteiger partial charge in [0.05, 0.1) is 12.6 Å². The molecule has 0 spiro atoms. The van der Waals surface area contributed by atoms with Gasteiger partial charge in [-0.25, -0.2) is 0 Å². The minimum absolute atomic E-state index is 0.0331. The third-order valence-electron chi connectivity index (χ3n) is 4.45. The molecule has 26 heavy (non-hydrogen) atoms. The first-order chi connectivity index (χ1) is 12.6. The summed E-state index contributed by atoms with van der Waals surface area (Å²) < 4.78 is 5.14. The van der Waals surface area contributed by atoms with Crippen molar-refractivity contribution in [3.05, 3.63) is 65.2 Å². The first-order valence-corrected chi connectivity index (χ1v) is 8.92. The Morgan fingerprint density at radius 3 is 2.54 bits per heavy atom. The number of hydrogen-bond donors (Lipinski definition) is 0. The Hall–Kier alpha value is -2.37. The number of halogens is 1. The SMILES string of the molecule is CC(c1ccc(Cl)cc1)N(C(=O)CN1CCOCC1=O)c1ccccc1. The lowest BCUT2D eigenvalue weighted by Gasteiger charge is -2.33. The van der Waals surface area contributed by atoms with Gasteiger partial charge in [0.2, 0.25) is 11.8 Å². The van der Waals surface area contributed by atoms with Gasteiger partial charge in [0.1, 0.15) is 13.2 Å². The number of morpholine rings is 1. The molecule has 2 amide bonds. The van der Waals surface area contributed by atoms with Crippen molar-refractivity contribution in [2.24, 2.45) is 0 Å². The number of amides is 2. The second kappa shape index (κ2) is 8.34. The molecule has 1 atom stereocenters. The maximum atomic E-state index is 13.1. The van der Waals surface area contributed by atoms with Crippen molar-refractivity contribution >= 4 is 29.1 Å². The van der Waals surface area contributed by atoms with Crippen molar-refractivity contribution in [2.45, 2.75) is 13.0 Å². The molecule has 1 aliphatic heterocycles. The van der Waals surface area contributed by atoms with Gasteiger partial charge < -0.3 is 14.5 Å². The van der Waals surface area contributed by atoms with Crippen LogP contribution in [0, 0.1) is 0 Å². The Morgan fingerprint density at radius 2 is 1.88 bits per heavy atom. The van der Waals surface area contributed by atoms with Crippen LogP contribution in [0.5, 0.6) is 0 Å². The van der Waals surface area contributed by atoms with Crippen LogP contribution in [-0.2, 0) is 14.3 Å². The van der Waals surface area contributed by atoms with E-state index in [1.165, 1.54) is 0 Å². The van der Waals surface area contributed by atoms with E-state index in [0.717, 1.165) is 11.3 Å². The second-order valence-electron chi connectivity index (χ2n) is 6.19. The van der Waals surface area contributed by atoms with Crippen molar-refractivity contribution in [2.75, 3.05) is 31.2 Å². The highest BCUT2D eigenvalue weighted by Crippen LogP contribution is 2.28. The van der Waals surface area contributed by atoms with Crippen LogP contribution in [0.25, 0.3) is 0 Å². The van der Waals surface area contributed by atoms with E-state index in [1.54, 1.807) is 9.80 Å². The summed E-state index contributed by atoms with van der Waals surface area (Å²) in [6, 6.07) is 16.7. The Labute approximate surface area is 158 Å². The van der Waals surface area contributed by atoms with Gasteiger partial charge in [0.15, 0.2) is 0 Å². The van der Waals surface area contributed by atoms with Crippen molar-refractivity contribution in [3.63, 3.8) is 0 Å². The van der Waals surface area contributed by atoms with E-state index >= 15 is 0 Å². The number of ether oxygens (including phenoxy) is 1. The molecule has 1 saturated heterocycles. The van der Waals surface area contributed by atoms with Gasteiger partial charge in [-0.15, -0.1) is 0 Å². The maximum Gasteiger partial charge on any atom is 0.249 e. The van der Waals surface area contributed by atoms with E-state index in [0.29, 0.717) is 18.2 Å². The minimum atomic E-state index is -0.196. The number of anilines is 1. The molecule has 0 N–H and O–H groups in total. The van der Waals surface area contributed by atoms with Crippen LogP contribution >= 0.6 is 11.6 Å². The van der Waals surface area contributed by atoms with Gasteiger partial charge >= 0.3 is 0 Å². The zero-order chi connectivity index (χ0) is 18.5. The molecule has 0 radical (unpaired) electrons. The molecule has 0 bridgehead atoms. The smallest absolute Gasteiger partial charge is 0.249 e. The van der Waals surface area contributed by atoms with E-state index in [4.69, 9.17) is 16.3 Å². The normalized spacial score (nSPS) is 15.6. The zero-order valence-corrected chi connectivity index (χ0v) is 15.4. The van der Waals surface area contributed by atoms with Crippen molar-refractivity contribution in [1.82, 2.24) is 4.90 Å². The first-order valence-electron chi connectivity index (χ1n) is 8.54. The van der Waals surface area contributed by atoms with Gasteiger partial charge in [0.25, 0.3) is 0 Å². The predicted molar refractivity (Wildman–Crippen MR) is 101 cm³/mol. The topological polar surface area (TPSA) is 49.9 Å². The van der Waals surface area contributed by atoms with E-state index < -0.39 is 0 Å². The average Bonchev–Trinajstić information content (AvgIpc) is 2.65. The van der Waals surface area contributed by atoms with Gasteiger partial charge in [0, 0.05) is 17.3 Å². The summed E-state index contributed by atoms with van der Waals surface area (Å²) in [6.07, 6.45) is 0. The molecule has 1 unspecified atom stereocenters. The third kappa shape index (κ3) is 4.23. The molecule has 0 aromatic heterocycles. The number of carbonyl (C=O) groups excluding carboxylic acids is 2. The zero-order valence-electron chi connectivity index (χ0n) is 14.6. The minimum Gasteiger partial charge on any atom is -0.370 e. The number of carbonyl (C=O) groups is 2. The summed E-state index contributed by atoms with van der Waals surface area (Å²) in [5.74, 6) is -0.286. The molecule has 2 aromatic rings. The van der Waals surface area contributed by atoms with Crippen molar-refractivity contribution < 1.29 is 14.3 Å². The van der Waals surface area contributed by atoms with Gasteiger partial charge in [-0.05, 0) is 36.8 Å². The van der Waals surface area contributed by atoms with Crippen LogP contribution in [-0.4, -0.2) is 43.0 Å². The first kappa shape index (κ1) is 18.4. The summed E-state index contributed by atoms with van der Waals surface area (Å²) >= 11 is 5.98. The van der Waals surface area contributed by atoms with Crippen LogP contribution in [0.1, 0.15) is 18.5 Å². The van der Waals surface area contributed by atoms with E-state index in [9.17, 15) is 9.59 Å². The van der Waals surface area contributed by atoms with Crippen LogP contribution in [0.4, 0.5) is 5.69 Å². The lowest BCUT2D eigenvalue weighted by molar-refractivity contribution is -0.145. The predicted octanol–water partition coefficient (Wildman–Crippen LogP) is 3.29. The number of para-hydroxylation sites is 1. The summed E-state index contributed by atoms with van der Waals surface area (Å²) in [6.45, 7) is 2.93. The summed E-state index contributed by atoms with van der Waals surface area (Å²) in [5.41, 5.74) is 1.76. The van der Waals surface area contributed by atoms with Crippen LogP contribution in [0.2, 0.25) is 5.02 Å². The van der Waals surface area contributed by atoms with Crippen molar-refractivity contribution in [1.29, 1.82) is 0 Å². The van der Waals surface area contributed by atoms with Crippen molar-refractivity contribution in [3.8, 4) is 0 Å². The second-order valence-corrected chi connectivity index (χ2v) is 6.63. The lowest BCUT2D eigenvalue weighted by Crippen LogP contribution is -2.48. The fraction of sp³-hybridized carbons (Fsp3) is 0.300. The van der Waals surface area contributed by atoms with E-state index in [-0.39, 0.29) is 31.0 Å². The van der Waals surface area contributed by atoms with Gasteiger partial charge in [-0.1, -0.05) is 41.9 Å². The average molecular weight is 373 g/mol. The molecular weight excluding hydrogens is 352 g/mol. The molecule has 1 heterocycles. The highest BCUT2D eigenvalue weighted by atomic mass is 35.5. The van der Waals surface area contributed by atoms with E-state index in [2.05, 4.69) is 0 Å². The van der Waals surface area contributed by atoms with Gasteiger partial charge in [-0.3, -0.25) is 9.59 Å². The largest absolute Gasteiger partial charge is 0.370 e. The lowest BCUT2D eigenvalue weighted by atomic mass is 10.1. The highest BCUT2D eigenvalue weighted by Gasteiger charge is 2.28. The molecule has 3 rings (SSSR count). The third-order valence-corrected chi connectivity index (χ3v) is 4.70. The summed E-state index contributed by atoms with van der Waals surface area (Å²) in [5, 5.41) is 0.650. The maximum absolute atomic E-state index is 13.1.